The number of thiocarbonyl (C=S) groups is 1. The van der Waals surface area contributed by atoms with Crippen molar-refractivity contribution < 1.29 is 4.74 Å². The second-order valence-corrected chi connectivity index (χ2v) is 5.23. The molecular formula is C11H24N2OS2. The molecule has 96 valence electrons. The van der Waals surface area contributed by atoms with Crippen LogP contribution in [-0.2, 0) is 4.74 Å². The van der Waals surface area contributed by atoms with Gasteiger partial charge in [-0.1, -0.05) is 6.92 Å². The molecule has 0 saturated carbocycles. The molecule has 0 aliphatic rings. The molecule has 0 aliphatic heterocycles. The van der Waals surface area contributed by atoms with E-state index in [1.165, 1.54) is 0 Å². The van der Waals surface area contributed by atoms with Crippen LogP contribution in [0, 0.1) is 0 Å². The fourth-order valence-electron chi connectivity index (χ4n) is 1.47. The SMILES string of the molecule is CCC(CSC)N(C)C(=S)NC(C)COC. The maximum Gasteiger partial charge on any atom is 0.169 e. The molecule has 0 spiro atoms. The van der Waals surface area contributed by atoms with Crippen molar-refractivity contribution in [3.05, 3.63) is 0 Å². The molecule has 0 aromatic rings. The summed E-state index contributed by atoms with van der Waals surface area (Å²) in [6.45, 7) is 4.94. The van der Waals surface area contributed by atoms with Gasteiger partial charge in [-0.2, -0.15) is 11.8 Å². The van der Waals surface area contributed by atoms with Gasteiger partial charge in [0.2, 0.25) is 0 Å². The standard InChI is InChI=1S/C11H24N2OS2/c1-6-10(8-16-5)13(3)11(15)12-9(2)7-14-4/h9-10H,6-8H2,1-5H3,(H,12,15). The van der Waals surface area contributed by atoms with Crippen LogP contribution in [0.2, 0.25) is 0 Å². The van der Waals surface area contributed by atoms with Crippen molar-refractivity contribution in [1.82, 2.24) is 10.2 Å². The molecule has 0 heterocycles. The molecule has 0 bridgehead atoms. The van der Waals surface area contributed by atoms with Gasteiger partial charge in [0.25, 0.3) is 0 Å². The quantitative estimate of drug-likeness (QED) is 0.709. The molecule has 0 fully saturated rings. The molecule has 5 heteroatoms. The van der Waals surface area contributed by atoms with Crippen LogP contribution in [0.25, 0.3) is 0 Å². The van der Waals surface area contributed by atoms with E-state index >= 15 is 0 Å². The number of methoxy groups -OCH3 is 1. The first-order valence-corrected chi connectivity index (χ1v) is 7.38. The number of ether oxygens (including phenoxy) is 1. The lowest BCUT2D eigenvalue weighted by Gasteiger charge is -2.30. The molecule has 0 amide bonds. The first-order valence-electron chi connectivity index (χ1n) is 5.57. The zero-order valence-corrected chi connectivity index (χ0v) is 12.6. The second kappa shape index (κ2) is 9.07. The number of rotatable bonds is 7. The van der Waals surface area contributed by atoms with Gasteiger partial charge in [0, 0.05) is 32.0 Å². The highest BCUT2D eigenvalue weighted by Gasteiger charge is 2.16. The van der Waals surface area contributed by atoms with Crippen molar-refractivity contribution >= 4 is 29.1 Å². The Labute approximate surface area is 109 Å². The van der Waals surface area contributed by atoms with E-state index in [-0.39, 0.29) is 6.04 Å². The summed E-state index contributed by atoms with van der Waals surface area (Å²) in [5.41, 5.74) is 0. The normalized spacial score (nSPS) is 14.3. The topological polar surface area (TPSA) is 24.5 Å². The van der Waals surface area contributed by atoms with Gasteiger partial charge in [-0.25, -0.2) is 0 Å². The van der Waals surface area contributed by atoms with Gasteiger partial charge in [0.1, 0.15) is 0 Å². The van der Waals surface area contributed by atoms with Gasteiger partial charge >= 0.3 is 0 Å². The van der Waals surface area contributed by atoms with Crippen LogP contribution in [0.4, 0.5) is 0 Å². The molecule has 0 aromatic carbocycles. The minimum Gasteiger partial charge on any atom is -0.383 e. The molecule has 2 atom stereocenters. The summed E-state index contributed by atoms with van der Waals surface area (Å²) in [5.74, 6) is 1.10. The summed E-state index contributed by atoms with van der Waals surface area (Å²) in [5, 5.41) is 4.09. The summed E-state index contributed by atoms with van der Waals surface area (Å²) >= 11 is 7.23. The predicted molar refractivity (Wildman–Crippen MR) is 77.3 cm³/mol. The smallest absolute Gasteiger partial charge is 0.169 e. The van der Waals surface area contributed by atoms with Crippen molar-refractivity contribution in [2.75, 3.05) is 32.8 Å². The van der Waals surface area contributed by atoms with Gasteiger partial charge in [0.15, 0.2) is 5.11 Å². The van der Waals surface area contributed by atoms with Crippen LogP contribution in [0.5, 0.6) is 0 Å². The average Bonchev–Trinajstić information content (AvgIpc) is 2.25. The molecule has 0 aliphatic carbocycles. The van der Waals surface area contributed by atoms with E-state index in [1.807, 2.05) is 11.8 Å². The van der Waals surface area contributed by atoms with Crippen LogP contribution in [0.15, 0.2) is 0 Å². The summed E-state index contributed by atoms with van der Waals surface area (Å²) < 4.78 is 5.07. The Hall–Kier alpha value is -0.0000000000000000486. The van der Waals surface area contributed by atoms with Gasteiger partial charge in [-0.15, -0.1) is 0 Å². The van der Waals surface area contributed by atoms with Crippen molar-refractivity contribution in [1.29, 1.82) is 0 Å². The van der Waals surface area contributed by atoms with E-state index in [4.69, 9.17) is 17.0 Å². The molecule has 0 radical (unpaired) electrons. The predicted octanol–water partition coefficient (Wildman–Crippen LogP) is 1.97. The van der Waals surface area contributed by atoms with Crippen molar-refractivity contribution in [3.8, 4) is 0 Å². The largest absolute Gasteiger partial charge is 0.383 e. The lowest BCUT2D eigenvalue weighted by atomic mass is 10.2. The zero-order valence-electron chi connectivity index (χ0n) is 10.9. The van der Waals surface area contributed by atoms with Gasteiger partial charge in [-0.05, 0) is 31.8 Å². The van der Waals surface area contributed by atoms with E-state index < -0.39 is 0 Å². The van der Waals surface area contributed by atoms with E-state index in [0.717, 1.165) is 17.3 Å². The second-order valence-electron chi connectivity index (χ2n) is 3.93. The van der Waals surface area contributed by atoms with E-state index in [1.54, 1.807) is 7.11 Å². The molecule has 2 unspecified atom stereocenters. The number of thioether (sulfide) groups is 1. The molecular weight excluding hydrogens is 240 g/mol. The summed E-state index contributed by atoms with van der Waals surface area (Å²) in [6, 6.07) is 0.761. The Morgan fingerprint density at radius 3 is 2.62 bits per heavy atom. The number of nitrogens with zero attached hydrogens (tertiary/aromatic N) is 1. The average molecular weight is 264 g/mol. The summed E-state index contributed by atoms with van der Waals surface area (Å²) in [4.78, 5) is 2.15. The molecule has 3 nitrogen and oxygen atoms in total. The van der Waals surface area contributed by atoms with E-state index in [0.29, 0.717) is 12.6 Å². The van der Waals surface area contributed by atoms with E-state index in [2.05, 4.69) is 37.4 Å². The highest BCUT2D eigenvalue weighted by molar-refractivity contribution is 7.98. The minimum absolute atomic E-state index is 0.256. The summed E-state index contributed by atoms with van der Waals surface area (Å²) in [6.07, 6.45) is 3.23. The Kier molecular flexibility index (Phi) is 9.07. The van der Waals surface area contributed by atoms with Crippen molar-refractivity contribution in [3.63, 3.8) is 0 Å². The first kappa shape index (κ1) is 16.0. The number of nitrogens with one attached hydrogen (secondary N) is 1. The van der Waals surface area contributed by atoms with Crippen LogP contribution in [0.3, 0.4) is 0 Å². The Balaban J connectivity index is 4.14. The monoisotopic (exact) mass is 264 g/mol. The molecule has 16 heavy (non-hydrogen) atoms. The fourth-order valence-corrected chi connectivity index (χ4v) is 2.66. The third-order valence-electron chi connectivity index (χ3n) is 2.48. The Morgan fingerprint density at radius 1 is 1.56 bits per heavy atom. The van der Waals surface area contributed by atoms with Crippen molar-refractivity contribution in [2.45, 2.75) is 32.4 Å². The number of hydrogen-bond acceptors (Lipinski definition) is 3. The van der Waals surface area contributed by atoms with Crippen LogP contribution in [0.1, 0.15) is 20.3 Å². The van der Waals surface area contributed by atoms with Crippen molar-refractivity contribution in [2.24, 2.45) is 0 Å². The van der Waals surface area contributed by atoms with Gasteiger partial charge in [-0.3, -0.25) is 0 Å². The maximum absolute atomic E-state index is 5.37. The van der Waals surface area contributed by atoms with Crippen LogP contribution >= 0.6 is 24.0 Å². The molecule has 0 saturated heterocycles. The molecule has 1 N–H and O–H groups in total. The Morgan fingerprint density at radius 2 is 2.19 bits per heavy atom. The zero-order chi connectivity index (χ0) is 12.6. The molecule has 0 rings (SSSR count). The first-order chi connectivity index (χ1) is 7.56. The fraction of sp³-hybridized carbons (Fsp3) is 0.909. The lowest BCUT2D eigenvalue weighted by molar-refractivity contribution is 0.177. The highest BCUT2D eigenvalue weighted by atomic mass is 32.2. The third kappa shape index (κ3) is 5.92. The highest BCUT2D eigenvalue weighted by Crippen LogP contribution is 2.08. The maximum atomic E-state index is 5.37. The van der Waals surface area contributed by atoms with Gasteiger partial charge in [0.05, 0.1) is 6.61 Å². The van der Waals surface area contributed by atoms with E-state index in [9.17, 15) is 0 Å². The minimum atomic E-state index is 0.256. The lowest BCUT2D eigenvalue weighted by Crippen LogP contribution is -2.48. The number of hydrogen-bond donors (Lipinski definition) is 1. The van der Waals surface area contributed by atoms with Crippen LogP contribution in [-0.4, -0.2) is 54.9 Å². The molecule has 0 aromatic heterocycles. The Bertz CT molecular complexity index is 202. The third-order valence-corrected chi connectivity index (χ3v) is 3.61. The van der Waals surface area contributed by atoms with Crippen LogP contribution < -0.4 is 5.32 Å². The summed E-state index contributed by atoms with van der Waals surface area (Å²) in [7, 11) is 3.76. The van der Waals surface area contributed by atoms with Gasteiger partial charge < -0.3 is 15.0 Å².